The van der Waals surface area contributed by atoms with Gasteiger partial charge >= 0.3 is 5.97 Å². The van der Waals surface area contributed by atoms with Crippen LogP contribution in [0.15, 0.2) is 18.5 Å². The molecule has 0 unspecified atom stereocenters. The molecule has 1 aromatic rings. The van der Waals surface area contributed by atoms with E-state index in [1.807, 2.05) is 11.0 Å². The standard InChI is InChI=1S/C12H17ClN2O3/c1-17-8-7-15(6-4-12(16)18-2)11-3-5-14-9-10(11)13/h3,5,9H,4,6-8H2,1-2H3. The molecular formula is C12H17ClN2O3. The summed E-state index contributed by atoms with van der Waals surface area (Å²) in [6.45, 7) is 1.73. The van der Waals surface area contributed by atoms with E-state index < -0.39 is 0 Å². The molecule has 0 aliphatic rings. The zero-order valence-electron chi connectivity index (χ0n) is 10.6. The van der Waals surface area contributed by atoms with Crippen LogP contribution in [0.3, 0.4) is 0 Å². The topological polar surface area (TPSA) is 51.7 Å². The Balaban J connectivity index is 2.71. The van der Waals surface area contributed by atoms with Gasteiger partial charge < -0.3 is 14.4 Å². The van der Waals surface area contributed by atoms with E-state index in [4.69, 9.17) is 16.3 Å². The number of pyridine rings is 1. The molecule has 0 fully saturated rings. The minimum atomic E-state index is -0.248. The van der Waals surface area contributed by atoms with Crippen molar-refractivity contribution in [1.82, 2.24) is 4.98 Å². The molecule has 0 spiro atoms. The fourth-order valence-corrected chi connectivity index (χ4v) is 1.75. The molecule has 0 aliphatic carbocycles. The fourth-order valence-electron chi connectivity index (χ4n) is 1.51. The second kappa shape index (κ2) is 7.89. The molecular weight excluding hydrogens is 256 g/mol. The van der Waals surface area contributed by atoms with E-state index in [2.05, 4.69) is 9.72 Å². The van der Waals surface area contributed by atoms with Crippen LogP contribution in [0, 0.1) is 0 Å². The van der Waals surface area contributed by atoms with Crippen molar-refractivity contribution in [2.45, 2.75) is 6.42 Å². The van der Waals surface area contributed by atoms with Crippen molar-refractivity contribution in [3.05, 3.63) is 23.5 Å². The van der Waals surface area contributed by atoms with Crippen molar-refractivity contribution in [2.75, 3.05) is 38.8 Å². The number of carbonyl (C=O) groups is 1. The number of hydrogen-bond donors (Lipinski definition) is 0. The van der Waals surface area contributed by atoms with Crippen molar-refractivity contribution in [3.63, 3.8) is 0 Å². The number of rotatable bonds is 7. The van der Waals surface area contributed by atoms with Gasteiger partial charge in [0.1, 0.15) is 0 Å². The lowest BCUT2D eigenvalue weighted by atomic mass is 10.3. The molecule has 6 heteroatoms. The zero-order chi connectivity index (χ0) is 13.4. The maximum atomic E-state index is 11.2. The lowest BCUT2D eigenvalue weighted by Crippen LogP contribution is -2.30. The van der Waals surface area contributed by atoms with Gasteiger partial charge in [-0.15, -0.1) is 0 Å². The maximum absolute atomic E-state index is 11.2. The minimum Gasteiger partial charge on any atom is -0.469 e. The van der Waals surface area contributed by atoms with Gasteiger partial charge in [0, 0.05) is 32.6 Å². The van der Waals surface area contributed by atoms with Crippen molar-refractivity contribution >= 4 is 23.3 Å². The van der Waals surface area contributed by atoms with E-state index in [1.165, 1.54) is 7.11 Å². The molecule has 0 N–H and O–H groups in total. The summed E-state index contributed by atoms with van der Waals surface area (Å²) in [4.78, 5) is 17.1. The Bertz CT molecular complexity index is 387. The Labute approximate surface area is 112 Å². The summed E-state index contributed by atoms with van der Waals surface area (Å²) >= 11 is 6.09. The monoisotopic (exact) mass is 272 g/mol. The van der Waals surface area contributed by atoms with Crippen molar-refractivity contribution < 1.29 is 14.3 Å². The first-order chi connectivity index (χ1) is 8.69. The molecule has 1 rings (SSSR count). The highest BCUT2D eigenvalue weighted by atomic mass is 35.5. The number of carbonyl (C=O) groups excluding carboxylic acids is 1. The van der Waals surface area contributed by atoms with E-state index in [9.17, 15) is 4.79 Å². The van der Waals surface area contributed by atoms with E-state index in [0.717, 1.165) is 5.69 Å². The lowest BCUT2D eigenvalue weighted by molar-refractivity contribution is -0.140. The lowest BCUT2D eigenvalue weighted by Gasteiger charge is -2.24. The third kappa shape index (κ3) is 4.50. The van der Waals surface area contributed by atoms with E-state index in [-0.39, 0.29) is 5.97 Å². The maximum Gasteiger partial charge on any atom is 0.307 e. The predicted molar refractivity (Wildman–Crippen MR) is 70.0 cm³/mol. The first-order valence-electron chi connectivity index (χ1n) is 5.59. The van der Waals surface area contributed by atoms with Gasteiger partial charge in [-0.2, -0.15) is 0 Å². The summed E-state index contributed by atoms with van der Waals surface area (Å²) in [5.41, 5.74) is 0.840. The first kappa shape index (κ1) is 14.7. The molecule has 0 radical (unpaired) electrons. The third-order valence-corrected chi connectivity index (χ3v) is 2.76. The largest absolute Gasteiger partial charge is 0.469 e. The second-order valence-electron chi connectivity index (χ2n) is 3.63. The summed E-state index contributed by atoms with van der Waals surface area (Å²) in [7, 11) is 3.01. The summed E-state index contributed by atoms with van der Waals surface area (Å²) in [5.74, 6) is -0.248. The normalized spacial score (nSPS) is 10.2. The van der Waals surface area contributed by atoms with Crippen LogP contribution >= 0.6 is 11.6 Å². The van der Waals surface area contributed by atoms with Crippen LogP contribution in [0.2, 0.25) is 5.02 Å². The zero-order valence-corrected chi connectivity index (χ0v) is 11.3. The van der Waals surface area contributed by atoms with Gasteiger partial charge in [-0.3, -0.25) is 9.78 Å². The number of ether oxygens (including phenoxy) is 2. The molecule has 0 saturated carbocycles. The van der Waals surface area contributed by atoms with Gasteiger partial charge in [0.15, 0.2) is 0 Å². The summed E-state index contributed by atoms with van der Waals surface area (Å²) in [6.07, 6.45) is 3.55. The van der Waals surface area contributed by atoms with Crippen LogP contribution in [0.5, 0.6) is 0 Å². The van der Waals surface area contributed by atoms with Crippen LogP contribution < -0.4 is 4.90 Å². The van der Waals surface area contributed by atoms with E-state index in [0.29, 0.717) is 31.1 Å². The molecule has 0 amide bonds. The molecule has 0 saturated heterocycles. The van der Waals surface area contributed by atoms with Gasteiger partial charge in [0.25, 0.3) is 0 Å². The minimum absolute atomic E-state index is 0.248. The quantitative estimate of drug-likeness (QED) is 0.708. The third-order valence-electron chi connectivity index (χ3n) is 2.47. The number of aromatic nitrogens is 1. The molecule has 18 heavy (non-hydrogen) atoms. The van der Waals surface area contributed by atoms with Gasteiger partial charge in [-0.1, -0.05) is 11.6 Å². The van der Waals surface area contributed by atoms with Crippen LogP contribution in [-0.4, -0.2) is 44.9 Å². The number of hydrogen-bond acceptors (Lipinski definition) is 5. The summed E-state index contributed by atoms with van der Waals surface area (Å²) < 4.78 is 9.68. The highest BCUT2D eigenvalue weighted by Crippen LogP contribution is 2.24. The second-order valence-corrected chi connectivity index (χ2v) is 4.04. The molecule has 1 aromatic heterocycles. The van der Waals surface area contributed by atoms with E-state index in [1.54, 1.807) is 19.5 Å². The molecule has 5 nitrogen and oxygen atoms in total. The highest BCUT2D eigenvalue weighted by Gasteiger charge is 2.12. The smallest absolute Gasteiger partial charge is 0.307 e. The predicted octanol–water partition coefficient (Wildman–Crippen LogP) is 1.75. The number of nitrogens with zero attached hydrogens (tertiary/aromatic N) is 2. The van der Waals surface area contributed by atoms with Gasteiger partial charge in [-0.05, 0) is 6.07 Å². The number of halogens is 1. The Morgan fingerprint density at radius 3 is 2.83 bits per heavy atom. The average molecular weight is 273 g/mol. The SMILES string of the molecule is COCCN(CCC(=O)OC)c1ccncc1Cl. The fraction of sp³-hybridized carbons (Fsp3) is 0.500. The first-order valence-corrected chi connectivity index (χ1v) is 5.97. The van der Waals surface area contributed by atoms with Crippen molar-refractivity contribution in [1.29, 1.82) is 0 Å². The summed E-state index contributed by atoms with van der Waals surface area (Å²) in [5, 5.41) is 0.554. The molecule has 0 aromatic carbocycles. The average Bonchev–Trinajstić information content (AvgIpc) is 2.39. The number of anilines is 1. The Kier molecular flexibility index (Phi) is 6.46. The van der Waals surface area contributed by atoms with Gasteiger partial charge in [-0.25, -0.2) is 0 Å². The Morgan fingerprint density at radius 1 is 1.44 bits per heavy atom. The Hall–Kier alpha value is -1.33. The molecule has 0 atom stereocenters. The molecule has 0 aliphatic heterocycles. The Morgan fingerprint density at radius 2 is 2.22 bits per heavy atom. The molecule has 0 bridgehead atoms. The summed E-state index contributed by atoms with van der Waals surface area (Å²) in [6, 6.07) is 1.81. The molecule has 100 valence electrons. The molecule has 1 heterocycles. The van der Waals surface area contributed by atoms with Gasteiger partial charge in [0.05, 0.1) is 30.8 Å². The van der Waals surface area contributed by atoms with Crippen molar-refractivity contribution in [2.24, 2.45) is 0 Å². The van der Waals surface area contributed by atoms with Crippen LogP contribution in [0.4, 0.5) is 5.69 Å². The van der Waals surface area contributed by atoms with E-state index >= 15 is 0 Å². The van der Waals surface area contributed by atoms with Crippen LogP contribution in [0.1, 0.15) is 6.42 Å². The van der Waals surface area contributed by atoms with Crippen molar-refractivity contribution in [3.8, 4) is 0 Å². The van der Waals surface area contributed by atoms with Crippen LogP contribution in [0.25, 0.3) is 0 Å². The van der Waals surface area contributed by atoms with Crippen LogP contribution in [-0.2, 0) is 14.3 Å². The number of esters is 1. The van der Waals surface area contributed by atoms with Gasteiger partial charge in [0.2, 0.25) is 0 Å². The highest BCUT2D eigenvalue weighted by molar-refractivity contribution is 6.33. The number of methoxy groups -OCH3 is 2.